The van der Waals surface area contributed by atoms with Gasteiger partial charge in [-0.25, -0.2) is 4.98 Å². The fourth-order valence-corrected chi connectivity index (χ4v) is 1.54. The number of rotatable bonds is 3. The molecule has 0 radical (unpaired) electrons. The van der Waals surface area contributed by atoms with Crippen LogP contribution >= 0.6 is 0 Å². The van der Waals surface area contributed by atoms with Crippen LogP contribution in [0.25, 0.3) is 5.65 Å². The maximum atomic E-state index is 11.7. The summed E-state index contributed by atoms with van der Waals surface area (Å²) in [4.78, 5) is 16.1. The van der Waals surface area contributed by atoms with Gasteiger partial charge in [0.2, 0.25) is 0 Å². The third-order valence-electron chi connectivity index (χ3n) is 2.33. The summed E-state index contributed by atoms with van der Waals surface area (Å²) in [6.07, 6.45) is 2.25. The molecule has 0 aliphatic carbocycles. The molecule has 2 aromatic heterocycles. The van der Waals surface area contributed by atoms with Gasteiger partial charge < -0.3 is 10.5 Å². The molecule has 0 spiro atoms. The van der Waals surface area contributed by atoms with Gasteiger partial charge in [-0.3, -0.25) is 9.20 Å². The molecule has 0 saturated heterocycles. The van der Waals surface area contributed by atoms with E-state index >= 15 is 0 Å². The first-order valence-electron chi connectivity index (χ1n) is 5.01. The van der Waals surface area contributed by atoms with Crippen molar-refractivity contribution in [2.45, 2.75) is 6.42 Å². The number of pyridine rings is 1. The third kappa shape index (κ3) is 1.90. The summed E-state index contributed by atoms with van der Waals surface area (Å²) in [5.41, 5.74) is 6.62. The molecule has 5 nitrogen and oxygen atoms in total. The standard InChI is InChI=1S/C11H13N3O2/c1-16-9-3-5-14-10(7-9)13-8(2-4-12)6-11(14)15/h3,5-7H,2,4,12H2,1H3. The second-order valence-electron chi connectivity index (χ2n) is 3.42. The van der Waals surface area contributed by atoms with Crippen LogP contribution in [0, 0.1) is 0 Å². The molecular weight excluding hydrogens is 206 g/mol. The number of hydrogen-bond acceptors (Lipinski definition) is 4. The van der Waals surface area contributed by atoms with Crippen LogP contribution in [-0.2, 0) is 6.42 Å². The summed E-state index contributed by atoms with van der Waals surface area (Å²) in [7, 11) is 1.58. The second kappa shape index (κ2) is 4.32. The van der Waals surface area contributed by atoms with Crippen molar-refractivity contribution >= 4 is 5.65 Å². The summed E-state index contributed by atoms with van der Waals surface area (Å²) in [5.74, 6) is 0.678. The second-order valence-corrected chi connectivity index (χ2v) is 3.42. The first kappa shape index (κ1) is 10.6. The minimum atomic E-state index is -0.101. The van der Waals surface area contributed by atoms with Crippen molar-refractivity contribution in [3.63, 3.8) is 0 Å². The third-order valence-corrected chi connectivity index (χ3v) is 2.33. The minimum Gasteiger partial charge on any atom is -0.497 e. The van der Waals surface area contributed by atoms with E-state index < -0.39 is 0 Å². The maximum absolute atomic E-state index is 11.7. The van der Waals surface area contributed by atoms with Crippen molar-refractivity contribution in [1.82, 2.24) is 9.38 Å². The van der Waals surface area contributed by atoms with Gasteiger partial charge in [0.05, 0.1) is 7.11 Å². The van der Waals surface area contributed by atoms with Gasteiger partial charge in [0.15, 0.2) is 0 Å². The smallest absolute Gasteiger partial charge is 0.258 e. The highest BCUT2D eigenvalue weighted by molar-refractivity contribution is 5.44. The maximum Gasteiger partial charge on any atom is 0.258 e. The summed E-state index contributed by atoms with van der Waals surface area (Å²) < 4.78 is 6.56. The van der Waals surface area contributed by atoms with Crippen molar-refractivity contribution in [1.29, 1.82) is 0 Å². The van der Waals surface area contributed by atoms with Crippen molar-refractivity contribution < 1.29 is 4.74 Å². The minimum absolute atomic E-state index is 0.101. The molecule has 0 bridgehead atoms. The van der Waals surface area contributed by atoms with E-state index in [4.69, 9.17) is 10.5 Å². The molecule has 0 unspecified atom stereocenters. The number of methoxy groups -OCH3 is 1. The van der Waals surface area contributed by atoms with Crippen molar-refractivity contribution in [3.05, 3.63) is 40.4 Å². The highest BCUT2D eigenvalue weighted by Gasteiger charge is 2.02. The SMILES string of the molecule is COc1ccn2c(=O)cc(CCN)nc2c1. The molecule has 5 heteroatoms. The molecule has 2 heterocycles. The molecule has 84 valence electrons. The summed E-state index contributed by atoms with van der Waals surface area (Å²) in [5, 5.41) is 0. The highest BCUT2D eigenvalue weighted by atomic mass is 16.5. The summed E-state index contributed by atoms with van der Waals surface area (Å²) >= 11 is 0. The zero-order chi connectivity index (χ0) is 11.5. The first-order valence-corrected chi connectivity index (χ1v) is 5.01. The van der Waals surface area contributed by atoms with Gasteiger partial charge in [-0.05, 0) is 12.6 Å². The fraction of sp³-hybridized carbons (Fsp3) is 0.273. The van der Waals surface area contributed by atoms with E-state index in [1.807, 2.05) is 0 Å². The molecule has 0 aliphatic rings. The summed E-state index contributed by atoms with van der Waals surface area (Å²) in [6.45, 7) is 0.479. The van der Waals surface area contributed by atoms with Crippen LogP contribution < -0.4 is 16.0 Å². The van der Waals surface area contributed by atoms with Gasteiger partial charge in [0.1, 0.15) is 11.4 Å². The number of hydrogen-bond donors (Lipinski definition) is 1. The van der Waals surface area contributed by atoms with Gasteiger partial charge >= 0.3 is 0 Å². The van der Waals surface area contributed by atoms with Crippen LogP contribution in [0.2, 0.25) is 0 Å². The van der Waals surface area contributed by atoms with E-state index in [9.17, 15) is 4.79 Å². The van der Waals surface area contributed by atoms with Gasteiger partial charge in [0, 0.05) is 30.4 Å². The number of aromatic nitrogens is 2. The Labute approximate surface area is 92.5 Å². The molecule has 2 rings (SSSR count). The summed E-state index contributed by atoms with van der Waals surface area (Å²) in [6, 6.07) is 4.95. The molecular formula is C11H13N3O2. The normalized spacial score (nSPS) is 10.6. The van der Waals surface area contributed by atoms with Crippen molar-refractivity contribution in [2.24, 2.45) is 5.73 Å². The van der Waals surface area contributed by atoms with Gasteiger partial charge in [-0.1, -0.05) is 0 Å². The van der Waals surface area contributed by atoms with Crippen molar-refractivity contribution in [2.75, 3.05) is 13.7 Å². The van der Waals surface area contributed by atoms with Gasteiger partial charge in [-0.15, -0.1) is 0 Å². The van der Waals surface area contributed by atoms with Crippen LogP contribution in [0.5, 0.6) is 5.75 Å². The predicted octanol–water partition coefficient (Wildman–Crippen LogP) is 0.204. The number of nitrogens with zero attached hydrogens (tertiary/aromatic N) is 2. The fourth-order valence-electron chi connectivity index (χ4n) is 1.54. The van der Waals surface area contributed by atoms with E-state index in [2.05, 4.69) is 4.98 Å². The lowest BCUT2D eigenvalue weighted by Crippen LogP contribution is -2.17. The molecule has 0 aromatic carbocycles. The Bertz CT molecular complexity index is 563. The number of nitrogens with two attached hydrogens (primary N) is 1. The molecule has 0 amide bonds. The van der Waals surface area contributed by atoms with Crippen LogP contribution in [-0.4, -0.2) is 23.0 Å². The Morgan fingerprint density at radius 2 is 2.31 bits per heavy atom. The van der Waals surface area contributed by atoms with Crippen LogP contribution in [0.4, 0.5) is 0 Å². The Morgan fingerprint density at radius 3 is 3.00 bits per heavy atom. The van der Waals surface area contributed by atoms with E-state index in [-0.39, 0.29) is 5.56 Å². The Morgan fingerprint density at radius 1 is 1.50 bits per heavy atom. The lowest BCUT2D eigenvalue weighted by molar-refractivity contribution is 0.414. The Kier molecular flexibility index (Phi) is 2.87. The molecule has 0 aliphatic heterocycles. The zero-order valence-corrected chi connectivity index (χ0v) is 9.01. The lowest BCUT2D eigenvalue weighted by Gasteiger charge is -2.05. The largest absolute Gasteiger partial charge is 0.497 e. The predicted molar refractivity (Wildman–Crippen MR) is 60.8 cm³/mol. The zero-order valence-electron chi connectivity index (χ0n) is 9.01. The molecule has 2 aromatic rings. The molecule has 0 saturated carbocycles. The van der Waals surface area contributed by atoms with E-state index in [0.29, 0.717) is 30.1 Å². The molecule has 16 heavy (non-hydrogen) atoms. The molecule has 0 atom stereocenters. The molecule has 0 fully saturated rings. The van der Waals surface area contributed by atoms with Crippen LogP contribution in [0.1, 0.15) is 5.69 Å². The van der Waals surface area contributed by atoms with E-state index in [1.165, 1.54) is 10.5 Å². The van der Waals surface area contributed by atoms with Crippen LogP contribution in [0.3, 0.4) is 0 Å². The topological polar surface area (TPSA) is 69.6 Å². The average Bonchev–Trinajstić information content (AvgIpc) is 2.28. The highest BCUT2D eigenvalue weighted by Crippen LogP contribution is 2.11. The van der Waals surface area contributed by atoms with Crippen molar-refractivity contribution in [3.8, 4) is 5.75 Å². The van der Waals surface area contributed by atoms with E-state index in [1.54, 1.807) is 25.4 Å². The Hall–Kier alpha value is -1.88. The van der Waals surface area contributed by atoms with Gasteiger partial charge in [-0.2, -0.15) is 0 Å². The van der Waals surface area contributed by atoms with Gasteiger partial charge in [0.25, 0.3) is 5.56 Å². The Balaban J connectivity index is 2.63. The first-order chi connectivity index (χ1) is 7.74. The van der Waals surface area contributed by atoms with E-state index in [0.717, 1.165) is 0 Å². The quantitative estimate of drug-likeness (QED) is 0.800. The lowest BCUT2D eigenvalue weighted by atomic mass is 10.3. The number of fused-ring (bicyclic) bond motifs is 1. The van der Waals surface area contributed by atoms with Crippen LogP contribution in [0.15, 0.2) is 29.2 Å². The average molecular weight is 219 g/mol. The number of ether oxygens (including phenoxy) is 1. The molecule has 2 N–H and O–H groups in total. The monoisotopic (exact) mass is 219 g/mol.